The number of nitrogens with one attached hydrogen (secondary N) is 1. The number of thiophene rings is 1. The molecule has 0 spiro atoms. The Labute approximate surface area is 124 Å². The summed E-state index contributed by atoms with van der Waals surface area (Å²) in [5.74, 6) is -0.0424. The topological polar surface area (TPSA) is 42.0 Å². The first-order chi connectivity index (χ1) is 9.81. The zero-order chi connectivity index (χ0) is 13.8. The van der Waals surface area contributed by atoms with E-state index in [1.807, 2.05) is 53.2 Å². The van der Waals surface area contributed by atoms with Crippen LogP contribution in [0.1, 0.15) is 5.69 Å². The maximum Gasteiger partial charge on any atom is 0.230 e. The van der Waals surface area contributed by atoms with Gasteiger partial charge < -0.3 is 5.32 Å². The van der Waals surface area contributed by atoms with E-state index < -0.39 is 0 Å². The molecule has 20 heavy (non-hydrogen) atoms. The zero-order valence-electron chi connectivity index (χ0n) is 10.6. The van der Waals surface area contributed by atoms with Gasteiger partial charge in [-0.1, -0.05) is 24.3 Å². The van der Waals surface area contributed by atoms with Gasteiger partial charge in [0.05, 0.1) is 17.0 Å². The van der Waals surface area contributed by atoms with Gasteiger partial charge in [-0.15, -0.1) is 22.7 Å². The van der Waals surface area contributed by atoms with Crippen LogP contribution in [0.2, 0.25) is 0 Å². The number of anilines is 1. The average molecular weight is 300 g/mol. The molecule has 3 rings (SSSR count). The molecule has 5 heteroatoms. The van der Waals surface area contributed by atoms with Gasteiger partial charge in [0, 0.05) is 11.1 Å². The monoisotopic (exact) mass is 300 g/mol. The van der Waals surface area contributed by atoms with E-state index in [4.69, 9.17) is 0 Å². The van der Waals surface area contributed by atoms with Crippen LogP contribution in [-0.2, 0) is 11.2 Å². The van der Waals surface area contributed by atoms with Crippen LogP contribution >= 0.6 is 22.7 Å². The fourth-order valence-corrected chi connectivity index (χ4v) is 3.43. The Balaban J connectivity index is 1.65. The van der Waals surface area contributed by atoms with Gasteiger partial charge >= 0.3 is 0 Å². The Morgan fingerprint density at radius 3 is 2.70 bits per heavy atom. The summed E-state index contributed by atoms with van der Waals surface area (Å²) < 4.78 is 0. The number of hydrogen-bond acceptors (Lipinski definition) is 4. The lowest BCUT2D eigenvalue weighted by Gasteiger charge is -2.02. The molecular weight excluding hydrogens is 288 g/mol. The third kappa shape index (κ3) is 3.12. The summed E-state index contributed by atoms with van der Waals surface area (Å²) in [6.45, 7) is 0. The maximum atomic E-state index is 11.9. The van der Waals surface area contributed by atoms with E-state index in [1.165, 1.54) is 0 Å². The lowest BCUT2D eigenvalue weighted by molar-refractivity contribution is -0.115. The van der Waals surface area contributed by atoms with Crippen LogP contribution in [0.25, 0.3) is 9.88 Å². The highest BCUT2D eigenvalue weighted by molar-refractivity contribution is 7.20. The molecule has 100 valence electrons. The molecular formula is C15H12N2OS2. The maximum absolute atomic E-state index is 11.9. The second-order valence-corrected chi connectivity index (χ2v) is 6.02. The number of amides is 1. The molecule has 0 bridgehead atoms. The molecule has 0 atom stereocenters. The number of para-hydroxylation sites is 1. The molecule has 1 aromatic carbocycles. The Kier molecular flexibility index (Phi) is 3.90. The Bertz CT molecular complexity index is 690. The first kappa shape index (κ1) is 13.0. The van der Waals surface area contributed by atoms with Crippen molar-refractivity contribution in [2.75, 3.05) is 5.32 Å². The predicted octanol–water partition coefficient (Wildman–Crippen LogP) is 4.05. The number of nitrogens with zero attached hydrogens (tertiary/aromatic N) is 1. The van der Waals surface area contributed by atoms with E-state index in [0.717, 1.165) is 21.3 Å². The molecule has 0 aliphatic rings. The zero-order valence-corrected chi connectivity index (χ0v) is 12.2. The van der Waals surface area contributed by atoms with Crippen molar-refractivity contribution in [3.05, 3.63) is 58.9 Å². The van der Waals surface area contributed by atoms with E-state index in [2.05, 4.69) is 10.3 Å². The van der Waals surface area contributed by atoms with Crippen molar-refractivity contribution in [2.24, 2.45) is 0 Å². The molecule has 0 saturated heterocycles. The quantitative estimate of drug-likeness (QED) is 0.789. The van der Waals surface area contributed by atoms with Gasteiger partial charge in [-0.2, -0.15) is 0 Å². The second-order valence-electron chi connectivity index (χ2n) is 4.21. The number of carbonyl (C=O) groups is 1. The van der Waals surface area contributed by atoms with Crippen LogP contribution in [0, 0.1) is 0 Å². The summed E-state index contributed by atoms with van der Waals surface area (Å²) in [5.41, 5.74) is 1.62. The molecule has 0 saturated carbocycles. The first-order valence-corrected chi connectivity index (χ1v) is 7.90. The highest BCUT2D eigenvalue weighted by Gasteiger charge is 2.09. The Morgan fingerprint density at radius 1 is 1.10 bits per heavy atom. The van der Waals surface area contributed by atoms with E-state index in [9.17, 15) is 4.79 Å². The van der Waals surface area contributed by atoms with Gasteiger partial charge in [0.1, 0.15) is 5.01 Å². The van der Waals surface area contributed by atoms with Crippen molar-refractivity contribution in [1.29, 1.82) is 0 Å². The van der Waals surface area contributed by atoms with Crippen LogP contribution in [0.4, 0.5) is 5.69 Å². The van der Waals surface area contributed by atoms with Crippen molar-refractivity contribution >= 4 is 34.3 Å². The van der Waals surface area contributed by atoms with Gasteiger partial charge in [-0.3, -0.25) is 4.79 Å². The van der Waals surface area contributed by atoms with Crippen LogP contribution < -0.4 is 5.32 Å². The molecule has 3 aromatic rings. The van der Waals surface area contributed by atoms with Gasteiger partial charge in [0.15, 0.2) is 0 Å². The molecule has 1 amide bonds. The first-order valence-electron chi connectivity index (χ1n) is 6.14. The third-order valence-electron chi connectivity index (χ3n) is 2.68. The summed E-state index contributed by atoms with van der Waals surface area (Å²) in [6, 6.07) is 13.5. The highest BCUT2D eigenvalue weighted by Crippen LogP contribution is 2.27. The molecule has 2 aromatic heterocycles. The molecule has 0 fully saturated rings. The normalized spacial score (nSPS) is 10.4. The average Bonchev–Trinajstić information content (AvgIpc) is 3.10. The van der Waals surface area contributed by atoms with E-state index >= 15 is 0 Å². The molecule has 0 unspecified atom stereocenters. The lowest BCUT2D eigenvalue weighted by Crippen LogP contribution is -2.14. The molecule has 0 aliphatic heterocycles. The van der Waals surface area contributed by atoms with Crippen molar-refractivity contribution in [1.82, 2.24) is 4.98 Å². The fourth-order valence-electron chi connectivity index (χ4n) is 1.79. The molecule has 3 nitrogen and oxygen atoms in total. The molecule has 1 N–H and O–H groups in total. The number of rotatable bonds is 4. The fraction of sp³-hybridized carbons (Fsp3) is 0.0667. The van der Waals surface area contributed by atoms with Crippen molar-refractivity contribution < 1.29 is 4.79 Å². The number of hydrogen-bond donors (Lipinski definition) is 1. The van der Waals surface area contributed by atoms with E-state index in [0.29, 0.717) is 6.42 Å². The number of carbonyl (C=O) groups excluding carboxylic acids is 1. The number of benzene rings is 1. The minimum absolute atomic E-state index is 0.0424. The molecule has 0 aliphatic carbocycles. The second kappa shape index (κ2) is 5.98. The summed E-state index contributed by atoms with van der Waals surface area (Å²) in [6.07, 6.45) is 0.302. The lowest BCUT2D eigenvalue weighted by atomic mass is 10.3. The summed E-state index contributed by atoms with van der Waals surface area (Å²) in [7, 11) is 0. The highest BCUT2D eigenvalue weighted by atomic mass is 32.1. The van der Waals surface area contributed by atoms with Gasteiger partial charge in [0.2, 0.25) is 5.91 Å². The SMILES string of the molecule is O=C(Cc1csc(-c2cccs2)n1)Nc1ccccc1. The largest absolute Gasteiger partial charge is 0.326 e. The van der Waals surface area contributed by atoms with Crippen molar-refractivity contribution in [2.45, 2.75) is 6.42 Å². The molecule has 2 heterocycles. The van der Waals surface area contributed by atoms with Crippen LogP contribution in [0.15, 0.2) is 53.2 Å². The van der Waals surface area contributed by atoms with E-state index in [1.54, 1.807) is 22.7 Å². The Morgan fingerprint density at radius 2 is 1.95 bits per heavy atom. The van der Waals surface area contributed by atoms with Crippen LogP contribution in [0.5, 0.6) is 0 Å². The van der Waals surface area contributed by atoms with Gasteiger partial charge in [0.25, 0.3) is 0 Å². The molecule has 0 radical (unpaired) electrons. The van der Waals surface area contributed by atoms with Crippen molar-refractivity contribution in [3.63, 3.8) is 0 Å². The van der Waals surface area contributed by atoms with E-state index in [-0.39, 0.29) is 5.91 Å². The van der Waals surface area contributed by atoms with Gasteiger partial charge in [-0.25, -0.2) is 4.98 Å². The summed E-state index contributed by atoms with van der Waals surface area (Å²) in [4.78, 5) is 17.6. The van der Waals surface area contributed by atoms with Crippen molar-refractivity contribution in [3.8, 4) is 9.88 Å². The van der Waals surface area contributed by atoms with Crippen LogP contribution in [0.3, 0.4) is 0 Å². The standard InChI is InChI=1S/C15H12N2OS2/c18-14(16-11-5-2-1-3-6-11)9-12-10-20-15(17-12)13-7-4-8-19-13/h1-8,10H,9H2,(H,16,18). The van der Waals surface area contributed by atoms with Crippen LogP contribution in [-0.4, -0.2) is 10.9 Å². The minimum Gasteiger partial charge on any atom is -0.326 e. The predicted molar refractivity (Wildman–Crippen MR) is 84.2 cm³/mol. The number of thiazole rings is 1. The summed E-state index contributed by atoms with van der Waals surface area (Å²) >= 11 is 3.23. The smallest absolute Gasteiger partial charge is 0.230 e. The van der Waals surface area contributed by atoms with Gasteiger partial charge in [-0.05, 0) is 23.6 Å². The minimum atomic E-state index is -0.0424. The number of aromatic nitrogens is 1. The third-order valence-corrected chi connectivity index (χ3v) is 4.61. The summed E-state index contributed by atoms with van der Waals surface area (Å²) in [5, 5.41) is 7.81. The Hall–Kier alpha value is -1.98.